The van der Waals surface area contributed by atoms with Crippen LogP contribution in [0.25, 0.3) is 0 Å². The van der Waals surface area contributed by atoms with E-state index >= 15 is 0 Å². The molecule has 0 aromatic carbocycles. The quantitative estimate of drug-likeness (QED) is 0.406. The summed E-state index contributed by atoms with van der Waals surface area (Å²) in [5.74, 6) is -1.18. The van der Waals surface area contributed by atoms with Gasteiger partial charge in [-0.05, 0) is 31.6 Å². The Balaban J connectivity index is 1.52. The van der Waals surface area contributed by atoms with Crippen LogP contribution in [0.2, 0.25) is 0 Å². The van der Waals surface area contributed by atoms with E-state index in [1.807, 2.05) is 0 Å². The summed E-state index contributed by atoms with van der Waals surface area (Å²) in [5.41, 5.74) is -2.36. The standard InChI is InChI=1S/C26H36O9/c1-12(27)33-22-14-8-15-20-16(25(21(15)22,34-13(2)28)10-17(14)31-4)9-18-24(11-30-3)7-6-19(32-5)26(18,20)35-23(24)29/h14-22H,6-11H2,1-5H3/t14-,15+,16-,17+,18-,19+,20-,21-,22+,24+,25+,26-/m1/s1. The van der Waals surface area contributed by atoms with Crippen molar-refractivity contribution in [3.05, 3.63) is 0 Å². The Bertz CT molecular complexity index is 951. The van der Waals surface area contributed by atoms with Crippen LogP contribution in [0.5, 0.6) is 0 Å². The van der Waals surface area contributed by atoms with Crippen molar-refractivity contribution < 1.29 is 42.8 Å². The zero-order valence-corrected chi connectivity index (χ0v) is 21.1. The second-order valence-corrected chi connectivity index (χ2v) is 11.7. The van der Waals surface area contributed by atoms with E-state index in [4.69, 9.17) is 28.4 Å². The first-order valence-corrected chi connectivity index (χ1v) is 12.8. The SMILES string of the molecule is COC[C@]12CC[C@H](OC)[C@@]3(OC1=O)[C@@H]1[C@@H]4C[C@H]5[C@H](OC(C)=O)[C@@H]4[C@](OC(C)=O)(C[C@@H]5OC)[C@@H]1C[C@H]23. The molecule has 0 radical (unpaired) electrons. The third kappa shape index (κ3) is 2.67. The first-order chi connectivity index (χ1) is 16.7. The lowest BCUT2D eigenvalue weighted by atomic mass is 9.59. The molecule has 0 N–H and O–H groups in total. The summed E-state index contributed by atoms with van der Waals surface area (Å²) in [4.78, 5) is 38.3. The van der Waals surface area contributed by atoms with Crippen LogP contribution < -0.4 is 0 Å². The summed E-state index contributed by atoms with van der Waals surface area (Å²) in [7, 11) is 4.99. The summed E-state index contributed by atoms with van der Waals surface area (Å²) >= 11 is 0. The number of hydrogen-bond acceptors (Lipinski definition) is 9. The maximum absolute atomic E-state index is 13.5. The van der Waals surface area contributed by atoms with Crippen molar-refractivity contribution in [1.29, 1.82) is 0 Å². The molecule has 1 aliphatic heterocycles. The van der Waals surface area contributed by atoms with Crippen LogP contribution in [0.4, 0.5) is 0 Å². The lowest BCUT2D eigenvalue weighted by molar-refractivity contribution is -0.207. The van der Waals surface area contributed by atoms with Crippen molar-refractivity contribution in [3.63, 3.8) is 0 Å². The molecule has 5 saturated carbocycles. The molecule has 0 amide bonds. The van der Waals surface area contributed by atoms with E-state index in [9.17, 15) is 14.4 Å². The fourth-order valence-corrected chi connectivity index (χ4v) is 10.2. The van der Waals surface area contributed by atoms with E-state index in [1.165, 1.54) is 13.8 Å². The number of rotatable bonds is 6. The Labute approximate surface area is 205 Å². The van der Waals surface area contributed by atoms with E-state index in [0.717, 1.165) is 6.42 Å². The monoisotopic (exact) mass is 492 g/mol. The van der Waals surface area contributed by atoms with Crippen molar-refractivity contribution in [3.8, 4) is 0 Å². The Morgan fingerprint density at radius 2 is 1.80 bits per heavy atom. The predicted molar refractivity (Wildman–Crippen MR) is 119 cm³/mol. The molecule has 6 rings (SSSR count). The van der Waals surface area contributed by atoms with Crippen LogP contribution in [-0.2, 0) is 42.8 Å². The third-order valence-electron chi connectivity index (χ3n) is 10.7. The number of fused-ring (bicyclic) bond motifs is 4. The van der Waals surface area contributed by atoms with Gasteiger partial charge in [0.2, 0.25) is 0 Å². The minimum Gasteiger partial charge on any atom is -0.462 e. The number of esters is 3. The highest BCUT2D eigenvalue weighted by molar-refractivity contribution is 5.82. The van der Waals surface area contributed by atoms with Crippen LogP contribution in [0.15, 0.2) is 0 Å². The molecule has 0 aromatic rings. The fourth-order valence-electron chi connectivity index (χ4n) is 10.2. The normalized spacial score (nSPS) is 52.6. The van der Waals surface area contributed by atoms with Crippen LogP contribution in [-0.4, -0.2) is 75.4 Å². The molecule has 0 unspecified atom stereocenters. The molecule has 0 spiro atoms. The molecule has 6 fully saturated rings. The van der Waals surface area contributed by atoms with Gasteiger partial charge in [-0.15, -0.1) is 0 Å². The van der Waals surface area contributed by atoms with E-state index in [0.29, 0.717) is 32.3 Å². The molecule has 9 heteroatoms. The van der Waals surface area contributed by atoms with Gasteiger partial charge in [0.05, 0.1) is 24.2 Å². The van der Waals surface area contributed by atoms with Crippen molar-refractivity contribution in [2.24, 2.45) is 40.9 Å². The Morgan fingerprint density at radius 3 is 2.43 bits per heavy atom. The molecule has 35 heavy (non-hydrogen) atoms. The average Bonchev–Trinajstić information content (AvgIpc) is 3.40. The van der Waals surface area contributed by atoms with Crippen molar-refractivity contribution in [2.75, 3.05) is 27.9 Å². The highest BCUT2D eigenvalue weighted by Crippen LogP contribution is 2.77. The minimum atomic E-state index is -0.847. The van der Waals surface area contributed by atoms with Crippen LogP contribution in [0.1, 0.15) is 46.0 Å². The predicted octanol–water partition coefficient (Wildman–Crippen LogP) is 1.89. The minimum absolute atomic E-state index is 0.00408. The van der Waals surface area contributed by atoms with Gasteiger partial charge in [-0.1, -0.05) is 0 Å². The first kappa shape index (κ1) is 23.7. The van der Waals surface area contributed by atoms with Crippen molar-refractivity contribution in [2.45, 2.75) is 75.5 Å². The van der Waals surface area contributed by atoms with Gasteiger partial charge in [0.1, 0.15) is 17.3 Å². The first-order valence-electron chi connectivity index (χ1n) is 12.8. The lowest BCUT2D eigenvalue weighted by Crippen LogP contribution is -2.58. The van der Waals surface area contributed by atoms with Gasteiger partial charge in [-0.2, -0.15) is 0 Å². The van der Waals surface area contributed by atoms with Gasteiger partial charge in [-0.25, -0.2) is 0 Å². The molecule has 6 aliphatic rings. The summed E-state index contributed by atoms with van der Waals surface area (Å²) in [6.45, 7) is 3.17. The molecule has 12 atom stereocenters. The van der Waals surface area contributed by atoms with Gasteiger partial charge in [0.25, 0.3) is 0 Å². The van der Waals surface area contributed by atoms with Crippen LogP contribution in [0, 0.1) is 40.9 Å². The summed E-state index contributed by atoms with van der Waals surface area (Å²) in [5, 5.41) is 0. The second kappa shape index (κ2) is 7.65. The van der Waals surface area contributed by atoms with E-state index in [-0.39, 0.29) is 65.6 Å². The molecule has 1 saturated heterocycles. The molecule has 4 bridgehead atoms. The highest BCUT2D eigenvalue weighted by atomic mass is 16.6. The molecular weight excluding hydrogens is 456 g/mol. The maximum atomic E-state index is 13.5. The molecule has 194 valence electrons. The second-order valence-electron chi connectivity index (χ2n) is 11.7. The zero-order valence-electron chi connectivity index (χ0n) is 21.1. The van der Waals surface area contributed by atoms with E-state index < -0.39 is 22.7 Å². The molecule has 9 nitrogen and oxygen atoms in total. The number of carbonyl (C=O) groups excluding carboxylic acids is 3. The molecule has 1 heterocycles. The van der Waals surface area contributed by atoms with Gasteiger partial charge in [0, 0.05) is 71.2 Å². The van der Waals surface area contributed by atoms with Crippen LogP contribution >= 0.6 is 0 Å². The number of carbonyl (C=O) groups is 3. The fraction of sp³-hybridized carbons (Fsp3) is 0.885. The molecular formula is C26H36O9. The Kier molecular flexibility index (Phi) is 5.17. The van der Waals surface area contributed by atoms with Crippen molar-refractivity contribution >= 4 is 17.9 Å². The Hall–Kier alpha value is -1.71. The summed E-state index contributed by atoms with van der Waals surface area (Å²) in [6.07, 6.45) is 2.53. The largest absolute Gasteiger partial charge is 0.462 e. The zero-order chi connectivity index (χ0) is 24.9. The third-order valence-corrected chi connectivity index (χ3v) is 10.7. The van der Waals surface area contributed by atoms with Gasteiger partial charge in [0.15, 0.2) is 0 Å². The smallest absolute Gasteiger partial charge is 0.315 e. The summed E-state index contributed by atoms with van der Waals surface area (Å²) < 4.78 is 36.3. The number of ether oxygens (including phenoxy) is 6. The van der Waals surface area contributed by atoms with E-state index in [1.54, 1.807) is 21.3 Å². The number of hydrogen-bond donors (Lipinski definition) is 0. The topological polar surface area (TPSA) is 107 Å². The van der Waals surface area contributed by atoms with Gasteiger partial charge >= 0.3 is 17.9 Å². The van der Waals surface area contributed by atoms with Gasteiger partial charge in [-0.3, -0.25) is 14.4 Å². The maximum Gasteiger partial charge on any atom is 0.315 e. The van der Waals surface area contributed by atoms with Crippen LogP contribution in [0.3, 0.4) is 0 Å². The lowest BCUT2D eigenvalue weighted by Gasteiger charge is -2.49. The molecule has 5 aliphatic carbocycles. The number of methoxy groups -OCH3 is 3. The Morgan fingerprint density at radius 1 is 1.03 bits per heavy atom. The average molecular weight is 493 g/mol. The highest BCUT2D eigenvalue weighted by Gasteiger charge is 2.86. The molecule has 0 aromatic heterocycles. The van der Waals surface area contributed by atoms with Gasteiger partial charge < -0.3 is 28.4 Å². The summed E-state index contributed by atoms with van der Waals surface area (Å²) in [6, 6.07) is 0. The van der Waals surface area contributed by atoms with E-state index in [2.05, 4.69) is 0 Å². The van der Waals surface area contributed by atoms with Crippen molar-refractivity contribution in [1.82, 2.24) is 0 Å².